The van der Waals surface area contributed by atoms with Crippen LogP contribution in [0.25, 0.3) is 0 Å². The van der Waals surface area contributed by atoms with Crippen LogP contribution in [0.15, 0.2) is 36.5 Å². The van der Waals surface area contributed by atoms with Gasteiger partial charge in [0.25, 0.3) is 5.91 Å². The van der Waals surface area contributed by atoms with E-state index in [2.05, 4.69) is 10.3 Å². The van der Waals surface area contributed by atoms with Crippen molar-refractivity contribution in [3.8, 4) is 11.5 Å². The number of phenolic OH excluding ortho intramolecular Hbond substituents is 2. The molecule has 0 aliphatic rings. The Morgan fingerprint density at radius 1 is 1.21 bits per heavy atom. The molecule has 1 amide bonds. The fourth-order valence-electron chi connectivity index (χ4n) is 1.61. The number of rotatable bonds is 3. The van der Waals surface area contributed by atoms with E-state index in [0.29, 0.717) is 6.54 Å². The van der Waals surface area contributed by atoms with E-state index in [9.17, 15) is 15.0 Å². The molecule has 3 N–H and O–H groups in total. The summed E-state index contributed by atoms with van der Waals surface area (Å²) < 4.78 is 0. The minimum absolute atomic E-state index is 0.151. The number of nitrogens with zero attached hydrogens (tertiary/aromatic N) is 1. The normalized spacial score (nSPS) is 10.2. The summed E-state index contributed by atoms with van der Waals surface area (Å²) >= 11 is 0. The predicted molar refractivity (Wildman–Crippen MR) is 69.9 cm³/mol. The molecule has 0 fully saturated rings. The van der Waals surface area contributed by atoms with Crippen LogP contribution < -0.4 is 5.32 Å². The summed E-state index contributed by atoms with van der Waals surface area (Å²) in [5.74, 6) is -0.670. The van der Waals surface area contributed by atoms with E-state index in [0.717, 1.165) is 11.3 Å². The Morgan fingerprint density at radius 3 is 2.47 bits per heavy atom. The van der Waals surface area contributed by atoms with E-state index in [1.54, 1.807) is 6.20 Å². The first-order valence-corrected chi connectivity index (χ1v) is 5.77. The fraction of sp³-hybridized carbons (Fsp3) is 0.143. The molecule has 0 saturated carbocycles. The number of carbonyl (C=O) groups is 1. The molecule has 2 aromatic rings. The van der Waals surface area contributed by atoms with Crippen molar-refractivity contribution in [2.45, 2.75) is 13.5 Å². The number of phenols is 2. The minimum atomic E-state index is -0.369. The Balaban J connectivity index is 2.03. The fourth-order valence-corrected chi connectivity index (χ4v) is 1.61. The zero-order chi connectivity index (χ0) is 13.8. The highest BCUT2D eigenvalue weighted by atomic mass is 16.3. The van der Waals surface area contributed by atoms with Crippen LogP contribution in [0, 0.1) is 6.92 Å². The highest BCUT2D eigenvalue weighted by Gasteiger charge is 2.08. The zero-order valence-corrected chi connectivity index (χ0v) is 10.4. The second-order valence-corrected chi connectivity index (χ2v) is 4.23. The number of nitrogens with one attached hydrogen (secondary N) is 1. The lowest BCUT2D eigenvalue weighted by molar-refractivity contribution is 0.0950. The van der Waals surface area contributed by atoms with Gasteiger partial charge in [0.2, 0.25) is 0 Å². The van der Waals surface area contributed by atoms with Crippen molar-refractivity contribution in [3.05, 3.63) is 53.3 Å². The second kappa shape index (κ2) is 5.39. The van der Waals surface area contributed by atoms with Crippen LogP contribution in [-0.4, -0.2) is 21.1 Å². The number of aromatic hydroxyl groups is 2. The van der Waals surface area contributed by atoms with Crippen LogP contribution in [-0.2, 0) is 6.54 Å². The van der Waals surface area contributed by atoms with Gasteiger partial charge in [-0.15, -0.1) is 0 Å². The minimum Gasteiger partial charge on any atom is -0.508 e. The molecule has 98 valence electrons. The molecule has 1 aromatic heterocycles. The van der Waals surface area contributed by atoms with Crippen LogP contribution in [0.4, 0.5) is 0 Å². The number of hydrogen-bond acceptors (Lipinski definition) is 4. The topological polar surface area (TPSA) is 82.5 Å². The van der Waals surface area contributed by atoms with Crippen molar-refractivity contribution in [2.24, 2.45) is 0 Å². The van der Waals surface area contributed by atoms with E-state index in [1.807, 2.05) is 19.1 Å². The van der Waals surface area contributed by atoms with Crippen LogP contribution in [0.5, 0.6) is 11.5 Å². The molecule has 0 spiro atoms. The van der Waals surface area contributed by atoms with Gasteiger partial charge in [0.15, 0.2) is 0 Å². The van der Waals surface area contributed by atoms with Crippen LogP contribution in [0.1, 0.15) is 21.6 Å². The Bertz CT molecular complexity index is 574. The molecular weight excluding hydrogens is 244 g/mol. The van der Waals surface area contributed by atoms with Crippen molar-refractivity contribution >= 4 is 5.91 Å². The first kappa shape index (κ1) is 12.9. The maximum atomic E-state index is 11.8. The monoisotopic (exact) mass is 258 g/mol. The smallest absolute Gasteiger partial charge is 0.251 e. The van der Waals surface area contributed by atoms with Crippen molar-refractivity contribution < 1.29 is 15.0 Å². The van der Waals surface area contributed by atoms with Crippen molar-refractivity contribution in [2.75, 3.05) is 0 Å². The molecule has 1 aromatic carbocycles. The predicted octanol–water partition coefficient (Wildman–Crippen LogP) is 1.73. The molecule has 5 nitrogen and oxygen atoms in total. The third-order valence-electron chi connectivity index (χ3n) is 2.59. The standard InChI is InChI=1S/C14H14N2O3/c1-9-2-3-10(7-15-9)8-16-14(19)11-4-12(17)6-13(18)5-11/h2-7,17-18H,8H2,1H3,(H,16,19). The third kappa shape index (κ3) is 3.45. The Morgan fingerprint density at radius 2 is 1.89 bits per heavy atom. The number of carbonyl (C=O) groups excluding carboxylic acids is 1. The Labute approximate surface area is 110 Å². The number of aryl methyl sites for hydroxylation is 1. The molecule has 0 bridgehead atoms. The lowest BCUT2D eigenvalue weighted by Crippen LogP contribution is -2.22. The lowest BCUT2D eigenvalue weighted by Gasteiger charge is -2.06. The first-order valence-electron chi connectivity index (χ1n) is 5.77. The van der Waals surface area contributed by atoms with Crippen molar-refractivity contribution in [1.82, 2.24) is 10.3 Å². The van der Waals surface area contributed by atoms with E-state index in [4.69, 9.17) is 0 Å². The molecule has 2 rings (SSSR count). The summed E-state index contributed by atoms with van der Waals surface area (Å²) in [7, 11) is 0. The zero-order valence-electron chi connectivity index (χ0n) is 10.4. The molecule has 0 radical (unpaired) electrons. The van der Waals surface area contributed by atoms with Gasteiger partial charge in [0, 0.05) is 30.1 Å². The summed E-state index contributed by atoms with van der Waals surface area (Å²) in [5.41, 5.74) is 1.99. The van der Waals surface area contributed by atoms with E-state index < -0.39 is 0 Å². The van der Waals surface area contributed by atoms with Gasteiger partial charge in [-0.1, -0.05) is 6.07 Å². The quantitative estimate of drug-likeness (QED) is 0.783. The van der Waals surface area contributed by atoms with Gasteiger partial charge in [-0.25, -0.2) is 0 Å². The van der Waals surface area contributed by atoms with Gasteiger partial charge < -0.3 is 15.5 Å². The van der Waals surface area contributed by atoms with Gasteiger partial charge in [-0.2, -0.15) is 0 Å². The van der Waals surface area contributed by atoms with E-state index in [1.165, 1.54) is 18.2 Å². The average Bonchev–Trinajstić information content (AvgIpc) is 2.36. The molecule has 5 heteroatoms. The number of amides is 1. The van der Waals surface area contributed by atoms with Gasteiger partial charge in [-0.3, -0.25) is 9.78 Å². The average molecular weight is 258 g/mol. The molecule has 0 atom stereocenters. The highest BCUT2D eigenvalue weighted by molar-refractivity contribution is 5.94. The number of hydrogen-bond donors (Lipinski definition) is 3. The van der Waals surface area contributed by atoms with Crippen molar-refractivity contribution in [3.63, 3.8) is 0 Å². The van der Waals surface area contributed by atoms with Crippen LogP contribution in [0.2, 0.25) is 0 Å². The van der Waals surface area contributed by atoms with Crippen LogP contribution >= 0.6 is 0 Å². The second-order valence-electron chi connectivity index (χ2n) is 4.23. The molecule has 0 aliphatic heterocycles. The van der Waals surface area contributed by atoms with E-state index >= 15 is 0 Å². The van der Waals surface area contributed by atoms with Crippen LogP contribution in [0.3, 0.4) is 0 Å². The molecular formula is C14H14N2O3. The molecule has 1 heterocycles. The van der Waals surface area contributed by atoms with Gasteiger partial charge >= 0.3 is 0 Å². The van der Waals surface area contributed by atoms with Crippen molar-refractivity contribution in [1.29, 1.82) is 0 Å². The Kier molecular flexibility index (Phi) is 3.66. The Hall–Kier alpha value is -2.56. The lowest BCUT2D eigenvalue weighted by atomic mass is 10.2. The van der Waals surface area contributed by atoms with E-state index in [-0.39, 0.29) is 23.0 Å². The molecule has 0 unspecified atom stereocenters. The number of benzene rings is 1. The molecule has 0 saturated heterocycles. The molecule has 0 aliphatic carbocycles. The maximum absolute atomic E-state index is 11.8. The number of pyridine rings is 1. The summed E-state index contributed by atoms with van der Waals surface area (Å²) in [4.78, 5) is 16.0. The summed E-state index contributed by atoms with van der Waals surface area (Å²) in [5, 5.41) is 21.3. The number of aromatic nitrogens is 1. The molecule has 19 heavy (non-hydrogen) atoms. The summed E-state index contributed by atoms with van der Waals surface area (Å²) in [6.07, 6.45) is 1.69. The highest BCUT2D eigenvalue weighted by Crippen LogP contribution is 2.20. The summed E-state index contributed by atoms with van der Waals surface area (Å²) in [6.45, 7) is 2.22. The first-order chi connectivity index (χ1) is 9.04. The van der Waals surface area contributed by atoms with Gasteiger partial charge in [0.05, 0.1) is 0 Å². The summed E-state index contributed by atoms with van der Waals surface area (Å²) in [6, 6.07) is 7.50. The van der Waals surface area contributed by atoms with Gasteiger partial charge in [0.1, 0.15) is 11.5 Å². The SMILES string of the molecule is Cc1ccc(CNC(=O)c2cc(O)cc(O)c2)cn1. The van der Waals surface area contributed by atoms with Gasteiger partial charge in [-0.05, 0) is 30.7 Å². The maximum Gasteiger partial charge on any atom is 0.251 e. The third-order valence-corrected chi connectivity index (χ3v) is 2.59. The largest absolute Gasteiger partial charge is 0.508 e.